The highest BCUT2D eigenvalue weighted by Gasteiger charge is 2.26. The van der Waals surface area contributed by atoms with Crippen molar-refractivity contribution in [1.82, 2.24) is 9.88 Å². The van der Waals surface area contributed by atoms with Gasteiger partial charge in [-0.2, -0.15) is 0 Å². The van der Waals surface area contributed by atoms with Gasteiger partial charge in [0.25, 0.3) is 5.91 Å². The topological polar surface area (TPSA) is 36.4 Å². The Labute approximate surface area is 143 Å². The van der Waals surface area contributed by atoms with Gasteiger partial charge in [0.1, 0.15) is 11.5 Å². The number of piperidine rings is 1. The Hall–Kier alpha value is -2.36. The standard InChI is InChI=1S/C20H23N3O/c1-15-7-4-5-13-22(15)20(24)17-9-6-11-19(21-17)23-14-12-16-8-2-3-10-18(16)23/h2-3,6,8-11,15H,4-5,7,12-14H2,1H3. The minimum atomic E-state index is 0.0662. The largest absolute Gasteiger partial charge is 0.335 e. The molecule has 0 N–H and O–H groups in total. The second kappa shape index (κ2) is 6.27. The number of pyridine rings is 1. The van der Waals surface area contributed by atoms with E-state index in [1.165, 1.54) is 17.7 Å². The van der Waals surface area contributed by atoms with Crippen LogP contribution in [0.2, 0.25) is 0 Å². The number of benzene rings is 1. The molecule has 4 rings (SSSR count). The molecule has 2 aliphatic heterocycles. The van der Waals surface area contributed by atoms with Crippen LogP contribution in [0.5, 0.6) is 0 Å². The van der Waals surface area contributed by atoms with E-state index >= 15 is 0 Å². The van der Waals surface area contributed by atoms with E-state index in [1.807, 2.05) is 23.1 Å². The van der Waals surface area contributed by atoms with E-state index in [2.05, 4.69) is 36.1 Å². The zero-order valence-electron chi connectivity index (χ0n) is 14.1. The predicted octanol–water partition coefficient (Wildman–Crippen LogP) is 3.79. The predicted molar refractivity (Wildman–Crippen MR) is 95.7 cm³/mol. The van der Waals surface area contributed by atoms with Crippen LogP contribution in [-0.2, 0) is 6.42 Å². The van der Waals surface area contributed by atoms with Crippen LogP contribution in [0, 0.1) is 0 Å². The highest BCUT2D eigenvalue weighted by Crippen LogP contribution is 2.33. The van der Waals surface area contributed by atoms with Crippen molar-refractivity contribution in [2.75, 3.05) is 18.0 Å². The Morgan fingerprint density at radius 1 is 1.08 bits per heavy atom. The molecule has 1 atom stereocenters. The molecule has 1 amide bonds. The van der Waals surface area contributed by atoms with Crippen LogP contribution < -0.4 is 4.90 Å². The van der Waals surface area contributed by atoms with Crippen LogP contribution in [0.3, 0.4) is 0 Å². The quantitative estimate of drug-likeness (QED) is 0.844. The van der Waals surface area contributed by atoms with E-state index in [4.69, 9.17) is 4.98 Å². The Balaban J connectivity index is 1.62. The maximum atomic E-state index is 12.9. The van der Waals surface area contributed by atoms with E-state index in [1.54, 1.807) is 0 Å². The molecule has 0 spiro atoms. The van der Waals surface area contributed by atoms with Gasteiger partial charge in [0, 0.05) is 24.8 Å². The number of amides is 1. The fourth-order valence-corrected chi connectivity index (χ4v) is 3.82. The first kappa shape index (κ1) is 15.2. The molecule has 4 heteroatoms. The van der Waals surface area contributed by atoms with E-state index in [0.29, 0.717) is 11.7 Å². The maximum absolute atomic E-state index is 12.9. The van der Waals surface area contributed by atoms with Crippen LogP contribution in [0.1, 0.15) is 42.2 Å². The molecular weight excluding hydrogens is 298 g/mol. The lowest BCUT2D eigenvalue weighted by Crippen LogP contribution is -2.42. The monoisotopic (exact) mass is 321 g/mol. The molecule has 24 heavy (non-hydrogen) atoms. The number of hydrogen-bond acceptors (Lipinski definition) is 3. The molecule has 1 saturated heterocycles. The van der Waals surface area contributed by atoms with Crippen molar-refractivity contribution in [1.29, 1.82) is 0 Å². The number of para-hydroxylation sites is 1. The van der Waals surface area contributed by atoms with Crippen LogP contribution >= 0.6 is 0 Å². The normalized spacial score (nSPS) is 20.1. The lowest BCUT2D eigenvalue weighted by atomic mass is 10.0. The lowest BCUT2D eigenvalue weighted by Gasteiger charge is -2.33. The third kappa shape index (κ3) is 2.66. The van der Waals surface area contributed by atoms with Crippen LogP contribution in [-0.4, -0.2) is 34.9 Å². The minimum absolute atomic E-state index is 0.0662. The second-order valence-electron chi connectivity index (χ2n) is 6.75. The number of carbonyl (C=O) groups excluding carboxylic acids is 1. The Morgan fingerprint density at radius 3 is 2.83 bits per heavy atom. The summed E-state index contributed by atoms with van der Waals surface area (Å²) < 4.78 is 0. The Bertz CT molecular complexity index is 758. The molecule has 3 heterocycles. The zero-order chi connectivity index (χ0) is 16.5. The number of rotatable bonds is 2. The van der Waals surface area contributed by atoms with Gasteiger partial charge >= 0.3 is 0 Å². The van der Waals surface area contributed by atoms with Crippen molar-refractivity contribution in [3.8, 4) is 0 Å². The van der Waals surface area contributed by atoms with Gasteiger partial charge in [-0.05, 0) is 56.4 Å². The number of carbonyl (C=O) groups is 1. The first-order chi connectivity index (χ1) is 11.7. The molecule has 1 unspecified atom stereocenters. The van der Waals surface area contributed by atoms with Gasteiger partial charge in [-0.3, -0.25) is 4.79 Å². The third-order valence-electron chi connectivity index (χ3n) is 5.18. The fraction of sp³-hybridized carbons (Fsp3) is 0.400. The molecule has 0 bridgehead atoms. The third-order valence-corrected chi connectivity index (χ3v) is 5.18. The summed E-state index contributed by atoms with van der Waals surface area (Å²) in [7, 11) is 0. The average Bonchev–Trinajstić information content (AvgIpc) is 3.06. The van der Waals surface area contributed by atoms with Crippen molar-refractivity contribution in [2.24, 2.45) is 0 Å². The summed E-state index contributed by atoms with van der Waals surface area (Å²) in [6.45, 7) is 3.90. The van der Waals surface area contributed by atoms with Crippen molar-refractivity contribution in [3.05, 3.63) is 53.7 Å². The first-order valence-corrected chi connectivity index (χ1v) is 8.87. The molecule has 0 saturated carbocycles. The summed E-state index contributed by atoms with van der Waals surface area (Å²) in [5, 5.41) is 0. The van der Waals surface area contributed by atoms with Crippen LogP contribution in [0.25, 0.3) is 0 Å². The van der Waals surface area contributed by atoms with Gasteiger partial charge in [0.05, 0.1) is 0 Å². The van der Waals surface area contributed by atoms with Gasteiger partial charge in [0.2, 0.25) is 0 Å². The van der Waals surface area contributed by atoms with Gasteiger partial charge in [-0.1, -0.05) is 24.3 Å². The molecule has 124 valence electrons. The number of anilines is 2. The average molecular weight is 321 g/mol. The number of likely N-dealkylation sites (tertiary alicyclic amines) is 1. The molecular formula is C20H23N3O. The lowest BCUT2D eigenvalue weighted by molar-refractivity contribution is 0.0629. The summed E-state index contributed by atoms with van der Waals surface area (Å²) in [6, 6.07) is 14.5. The molecule has 0 aliphatic carbocycles. The molecule has 1 fully saturated rings. The number of hydrogen-bond donors (Lipinski definition) is 0. The Kier molecular flexibility index (Phi) is 3.97. The number of aromatic nitrogens is 1. The van der Waals surface area contributed by atoms with Crippen molar-refractivity contribution < 1.29 is 4.79 Å². The van der Waals surface area contributed by atoms with Gasteiger partial charge in [-0.15, -0.1) is 0 Å². The molecule has 2 aromatic rings. The molecule has 0 radical (unpaired) electrons. The smallest absolute Gasteiger partial charge is 0.272 e. The molecule has 1 aromatic carbocycles. The maximum Gasteiger partial charge on any atom is 0.272 e. The number of fused-ring (bicyclic) bond motifs is 1. The summed E-state index contributed by atoms with van der Waals surface area (Å²) in [4.78, 5) is 21.8. The minimum Gasteiger partial charge on any atom is -0.335 e. The fourth-order valence-electron chi connectivity index (χ4n) is 3.82. The van der Waals surface area contributed by atoms with E-state index < -0.39 is 0 Å². The summed E-state index contributed by atoms with van der Waals surface area (Å²) in [5.74, 6) is 0.937. The van der Waals surface area contributed by atoms with Gasteiger partial charge < -0.3 is 9.80 Å². The van der Waals surface area contributed by atoms with Crippen LogP contribution in [0.4, 0.5) is 11.5 Å². The van der Waals surface area contributed by atoms with Crippen molar-refractivity contribution >= 4 is 17.4 Å². The first-order valence-electron chi connectivity index (χ1n) is 8.87. The summed E-state index contributed by atoms with van der Waals surface area (Å²) >= 11 is 0. The summed E-state index contributed by atoms with van der Waals surface area (Å²) in [6.07, 6.45) is 4.42. The molecule has 2 aliphatic rings. The Morgan fingerprint density at radius 2 is 1.96 bits per heavy atom. The van der Waals surface area contributed by atoms with E-state index in [9.17, 15) is 4.79 Å². The highest BCUT2D eigenvalue weighted by molar-refractivity contribution is 5.93. The van der Waals surface area contributed by atoms with Gasteiger partial charge in [-0.25, -0.2) is 4.98 Å². The van der Waals surface area contributed by atoms with Crippen molar-refractivity contribution in [2.45, 2.75) is 38.6 Å². The molecule has 1 aromatic heterocycles. The van der Waals surface area contributed by atoms with Crippen molar-refractivity contribution in [3.63, 3.8) is 0 Å². The van der Waals surface area contributed by atoms with Gasteiger partial charge in [0.15, 0.2) is 0 Å². The van der Waals surface area contributed by atoms with Crippen LogP contribution in [0.15, 0.2) is 42.5 Å². The molecule has 4 nitrogen and oxygen atoms in total. The zero-order valence-corrected chi connectivity index (χ0v) is 14.1. The SMILES string of the molecule is CC1CCCCN1C(=O)c1cccc(N2CCc3ccccc32)n1. The number of nitrogens with zero attached hydrogens (tertiary/aromatic N) is 3. The summed E-state index contributed by atoms with van der Waals surface area (Å²) in [5.41, 5.74) is 3.12. The second-order valence-corrected chi connectivity index (χ2v) is 6.75. The van der Waals surface area contributed by atoms with E-state index in [-0.39, 0.29) is 5.91 Å². The van der Waals surface area contributed by atoms with E-state index in [0.717, 1.165) is 38.2 Å². The highest BCUT2D eigenvalue weighted by atomic mass is 16.2.